The van der Waals surface area contributed by atoms with E-state index in [2.05, 4.69) is 0 Å². The second-order valence-corrected chi connectivity index (χ2v) is 2.97. The number of aliphatic carboxylic acids is 1. The highest BCUT2D eigenvalue weighted by Gasteiger charge is 1.89. The molecule has 0 aromatic heterocycles. The summed E-state index contributed by atoms with van der Waals surface area (Å²) < 4.78 is 0. The smallest absolute Gasteiger partial charge is 0.328 e. The largest absolute Gasteiger partial charge is 0.478 e. The van der Waals surface area contributed by atoms with E-state index in [1.165, 1.54) is 6.08 Å². The minimum absolute atomic E-state index is 0.723. The predicted molar refractivity (Wildman–Crippen MR) is 56.9 cm³/mol. The Morgan fingerprint density at radius 2 is 1.93 bits per heavy atom. The van der Waals surface area contributed by atoms with Gasteiger partial charge in [0.05, 0.1) is 0 Å². The normalized spacial score (nSPS) is 11.9. The summed E-state index contributed by atoms with van der Waals surface area (Å²) in [7, 11) is 0. The van der Waals surface area contributed by atoms with Gasteiger partial charge in [-0.3, -0.25) is 0 Å². The Kier molecular flexibility index (Phi) is 3.68. The fraction of sp³-hybridized carbons (Fsp3) is 0.0833. The Bertz CT molecular complexity index is 361. The summed E-state index contributed by atoms with van der Waals surface area (Å²) in [5.74, 6) is -0.916. The number of rotatable bonds is 3. The lowest BCUT2D eigenvalue weighted by molar-refractivity contribution is -0.131. The molecule has 0 spiro atoms. The van der Waals surface area contributed by atoms with Gasteiger partial charge < -0.3 is 5.11 Å². The lowest BCUT2D eigenvalue weighted by Gasteiger charge is -1.91. The van der Waals surface area contributed by atoms with E-state index in [0.29, 0.717) is 0 Å². The Balaban J connectivity index is 2.70. The van der Waals surface area contributed by atoms with Crippen molar-refractivity contribution in [2.75, 3.05) is 0 Å². The third kappa shape index (κ3) is 3.72. The van der Waals surface area contributed by atoms with Gasteiger partial charge >= 0.3 is 5.97 Å². The summed E-state index contributed by atoms with van der Waals surface area (Å²) in [5.41, 5.74) is 1.78. The molecular weight excluding hydrogens is 176 g/mol. The molecule has 0 saturated carbocycles. The summed E-state index contributed by atoms with van der Waals surface area (Å²) in [4.78, 5) is 10.3. The molecule has 0 saturated heterocycles. The van der Waals surface area contributed by atoms with Gasteiger partial charge in [-0.1, -0.05) is 42.5 Å². The standard InChI is InChI=1S/C12H12O2/c1-10(9-12(13)14)7-8-11-5-3-2-4-6-11/h2-9H,1H3,(H,13,14)/b8-7+,10-9+. The van der Waals surface area contributed by atoms with E-state index in [0.717, 1.165) is 11.1 Å². The van der Waals surface area contributed by atoms with Gasteiger partial charge in [-0.05, 0) is 18.1 Å². The predicted octanol–water partition coefficient (Wildman–Crippen LogP) is 2.73. The van der Waals surface area contributed by atoms with Gasteiger partial charge in [0, 0.05) is 6.08 Å². The maximum Gasteiger partial charge on any atom is 0.328 e. The first-order chi connectivity index (χ1) is 6.68. The number of hydrogen-bond donors (Lipinski definition) is 1. The van der Waals surface area contributed by atoms with Gasteiger partial charge in [0.25, 0.3) is 0 Å². The van der Waals surface area contributed by atoms with Crippen LogP contribution >= 0.6 is 0 Å². The Labute approximate surface area is 83.2 Å². The molecule has 0 amide bonds. The maximum atomic E-state index is 10.3. The van der Waals surface area contributed by atoms with Crippen LogP contribution in [-0.2, 0) is 4.79 Å². The first kappa shape index (κ1) is 10.3. The van der Waals surface area contributed by atoms with Crippen LogP contribution in [0.1, 0.15) is 12.5 Å². The lowest BCUT2D eigenvalue weighted by Crippen LogP contribution is -1.87. The molecule has 0 fully saturated rings. The van der Waals surface area contributed by atoms with E-state index in [-0.39, 0.29) is 0 Å². The van der Waals surface area contributed by atoms with Crippen LogP contribution in [0, 0.1) is 0 Å². The minimum Gasteiger partial charge on any atom is -0.478 e. The van der Waals surface area contributed by atoms with Crippen molar-refractivity contribution in [3.63, 3.8) is 0 Å². The molecule has 1 rings (SSSR count). The van der Waals surface area contributed by atoms with E-state index >= 15 is 0 Å². The first-order valence-corrected chi connectivity index (χ1v) is 4.33. The molecule has 0 aliphatic carbocycles. The Morgan fingerprint density at radius 1 is 1.29 bits per heavy atom. The van der Waals surface area contributed by atoms with Crippen LogP contribution in [0.4, 0.5) is 0 Å². The van der Waals surface area contributed by atoms with Crippen molar-refractivity contribution in [2.24, 2.45) is 0 Å². The number of carbonyl (C=O) groups is 1. The van der Waals surface area contributed by atoms with Crippen LogP contribution in [0.2, 0.25) is 0 Å². The average molecular weight is 188 g/mol. The van der Waals surface area contributed by atoms with Crippen LogP contribution < -0.4 is 0 Å². The molecule has 1 aromatic carbocycles. The zero-order chi connectivity index (χ0) is 10.4. The molecule has 0 heterocycles. The molecular formula is C12H12O2. The van der Waals surface area contributed by atoms with E-state index in [1.807, 2.05) is 36.4 Å². The topological polar surface area (TPSA) is 37.3 Å². The van der Waals surface area contributed by atoms with E-state index in [9.17, 15) is 4.79 Å². The van der Waals surface area contributed by atoms with Crippen molar-refractivity contribution in [3.05, 3.63) is 53.6 Å². The average Bonchev–Trinajstić information content (AvgIpc) is 2.15. The maximum absolute atomic E-state index is 10.3. The quantitative estimate of drug-likeness (QED) is 0.585. The third-order valence-electron chi connectivity index (χ3n) is 1.69. The van der Waals surface area contributed by atoms with Crippen LogP contribution in [0.25, 0.3) is 6.08 Å². The molecule has 1 aromatic rings. The molecule has 0 bridgehead atoms. The van der Waals surface area contributed by atoms with Gasteiger partial charge in [-0.2, -0.15) is 0 Å². The number of carboxylic acid groups (broad SMARTS) is 1. The van der Waals surface area contributed by atoms with Crippen LogP contribution in [-0.4, -0.2) is 11.1 Å². The molecule has 0 radical (unpaired) electrons. The molecule has 0 aliphatic heterocycles. The molecule has 2 nitrogen and oxygen atoms in total. The van der Waals surface area contributed by atoms with Crippen molar-refractivity contribution in [1.29, 1.82) is 0 Å². The van der Waals surface area contributed by atoms with Gasteiger partial charge in [-0.15, -0.1) is 0 Å². The first-order valence-electron chi connectivity index (χ1n) is 4.33. The molecule has 0 unspecified atom stereocenters. The molecule has 0 atom stereocenters. The SMILES string of the molecule is CC(/C=C/c1ccccc1)=C\C(=O)O. The summed E-state index contributed by atoms with van der Waals surface area (Å²) in [6.45, 7) is 1.76. The summed E-state index contributed by atoms with van der Waals surface area (Å²) in [6, 6.07) is 9.75. The zero-order valence-corrected chi connectivity index (χ0v) is 7.97. The van der Waals surface area contributed by atoms with Crippen molar-refractivity contribution < 1.29 is 9.90 Å². The highest BCUT2D eigenvalue weighted by Crippen LogP contribution is 2.04. The van der Waals surface area contributed by atoms with Gasteiger partial charge in [0.2, 0.25) is 0 Å². The number of allylic oxidation sites excluding steroid dienone is 2. The van der Waals surface area contributed by atoms with Crippen molar-refractivity contribution in [1.82, 2.24) is 0 Å². The molecule has 14 heavy (non-hydrogen) atoms. The van der Waals surface area contributed by atoms with Crippen molar-refractivity contribution >= 4 is 12.0 Å². The second kappa shape index (κ2) is 5.02. The summed E-state index contributed by atoms with van der Waals surface area (Å²) in [5, 5.41) is 8.47. The number of benzene rings is 1. The molecule has 2 heteroatoms. The minimum atomic E-state index is -0.916. The van der Waals surface area contributed by atoms with Gasteiger partial charge in [0.15, 0.2) is 0 Å². The van der Waals surface area contributed by atoms with Crippen LogP contribution in [0.3, 0.4) is 0 Å². The zero-order valence-electron chi connectivity index (χ0n) is 7.97. The number of hydrogen-bond acceptors (Lipinski definition) is 1. The van der Waals surface area contributed by atoms with E-state index in [4.69, 9.17) is 5.11 Å². The van der Waals surface area contributed by atoms with Crippen LogP contribution in [0.15, 0.2) is 48.1 Å². The molecule has 0 aliphatic rings. The van der Waals surface area contributed by atoms with Crippen LogP contribution in [0.5, 0.6) is 0 Å². The molecule has 1 N–H and O–H groups in total. The van der Waals surface area contributed by atoms with Crippen molar-refractivity contribution in [3.8, 4) is 0 Å². The second-order valence-electron chi connectivity index (χ2n) is 2.97. The Morgan fingerprint density at radius 3 is 2.50 bits per heavy atom. The fourth-order valence-electron chi connectivity index (χ4n) is 1.03. The summed E-state index contributed by atoms with van der Waals surface area (Å²) >= 11 is 0. The van der Waals surface area contributed by atoms with E-state index in [1.54, 1.807) is 13.0 Å². The van der Waals surface area contributed by atoms with Gasteiger partial charge in [0.1, 0.15) is 0 Å². The third-order valence-corrected chi connectivity index (χ3v) is 1.69. The Hall–Kier alpha value is -1.83. The fourth-order valence-corrected chi connectivity index (χ4v) is 1.03. The highest BCUT2D eigenvalue weighted by molar-refractivity contribution is 5.81. The number of carboxylic acids is 1. The summed E-state index contributed by atoms with van der Waals surface area (Å²) in [6.07, 6.45) is 4.84. The highest BCUT2D eigenvalue weighted by atomic mass is 16.4. The molecule has 72 valence electrons. The van der Waals surface area contributed by atoms with E-state index < -0.39 is 5.97 Å². The lowest BCUT2D eigenvalue weighted by atomic mass is 10.2. The monoisotopic (exact) mass is 188 g/mol. The van der Waals surface area contributed by atoms with Gasteiger partial charge in [-0.25, -0.2) is 4.79 Å². The van der Waals surface area contributed by atoms with Crippen molar-refractivity contribution in [2.45, 2.75) is 6.92 Å².